The Balaban J connectivity index is 1.64. The number of rotatable bonds is 6. The number of anilines is 1. The van der Waals surface area contributed by atoms with E-state index < -0.39 is 12.0 Å². The Morgan fingerprint density at radius 2 is 1.90 bits per heavy atom. The predicted octanol–water partition coefficient (Wildman–Crippen LogP) is 4.22. The van der Waals surface area contributed by atoms with Gasteiger partial charge in [0.1, 0.15) is 23.8 Å². The number of piperidine rings is 1. The first-order valence-electron chi connectivity index (χ1n) is 10.2. The number of amides is 1. The molecule has 1 aliphatic rings. The molecule has 3 aromatic rings. The summed E-state index contributed by atoms with van der Waals surface area (Å²) in [7, 11) is 1.59. The zero-order valence-corrected chi connectivity index (χ0v) is 17.5. The summed E-state index contributed by atoms with van der Waals surface area (Å²) in [5.74, 6) is 0.455. The van der Waals surface area contributed by atoms with E-state index in [1.807, 2.05) is 42.5 Å². The second kappa shape index (κ2) is 9.04. The smallest absolute Gasteiger partial charge is 0.311 e. The maximum absolute atomic E-state index is 13.1. The molecule has 1 aliphatic heterocycles. The normalized spacial score (nSPS) is 18.6. The third kappa shape index (κ3) is 4.45. The lowest BCUT2D eigenvalue weighted by Crippen LogP contribution is -2.46. The van der Waals surface area contributed by atoms with Crippen LogP contribution < -0.4 is 9.64 Å². The average molecular weight is 420 g/mol. The minimum absolute atomic E-state index is 0.0322. The number of hydrogen-bond donors (Lipinski definition) is 0. The molecular formula is C24H24N2O5. The summed E-state index contributed by atoms with van der Waals surface area (Å²) in [6, 6.07) is 18.1. The molecular weight excluding hydrogens is 396 g/mol. The molecule has 7 heteroatoms. The molecule has 2 atom stereocenters. The van der Waals surface area contributed by atoms with Crippen molar-refractivity contribution in [2.24, 2.45) is 5.92 Å². The first kappa shape index (κ1) is 20.7. The fraction of sp³-hybridized carbons (Fsp3) is 0.292. The molecule has 0 unspecified atom stereocenters. The average Bonchev–Trinajstić information content (AvgIpc) is 3.23. The summed E-state index contributed by atoms with van der Waals surface area (Å²) in [4.78, 5) is 27.8. The Hall–Kier alpha value is -3.61. The number of hydrogen-bond acceptors (Lipinski definition) is 6. The monoisotopic (exact) mass is 420 g/mol. The van der Waals surface area contributed by atoms with Gasteiger partial charge in [-0.2, -0.15) is 0 Å². The Kier molecular flexibility index (Phi) is 6.02. The van der Waals surface area contributed by atoms with Crippen LogP contribution in [-0.2, 0) is 20.9 Å². The Morgan fingerprint density at radius 1 is 1.16 bits per heavy atom. The molecule has 1 fully saturated rings. The molecule has 0 saturated carbocycles. The van der Waals surface area contributed by atoms with Gasteiger partial charge in [0, 0.05) is 18.2 Å². The first-order valence-corrected chi connectivity index (χ1v) is 10.2. The van der Waals surface area contributed by atoms with E-state index in [-0.39, 0.29) is 24.9 Å². The summed E-state index contributed by atoms with van der Waals surface area (Å²) >= 11 is 0. The highest BCUT2D eigenvalue weighted by atomic mass is 16.5. The van der Waals surface area contributed by atoms with Crippen LogP contribution in [-0.4, -0.2) is 24.1 Å². The number of ether oxygens (including phenoxy) is 2. The number of esters is 1. The lowest BCUT2D eigenvalue weighted by Gasteiger charge is -2.40. The molecule has 2 heterocycles. The van der Waals surface area contributed by atoms with E-state index in [9.17, 15) is 9.59 Å². The van der Waals surface area contributed by atoms with E-state index in [1.165, 1.54) is 0 Å². The number of aromatic nitrogens is 1. The van der Waals surface area contributed by atoms with Crippen LogP contribution in [0.1, 0.15) is 35.9 Å². The van der Waals surface area contributed by atoms with Crippen LogP contribution in [0.4, 0.5) is 5.69 Å². The van der Waals surface area contributed by atoms with Crippen molar-refractivity contribution in [3.05, 3.63) is 77.7 Å². The molecule has 2 aromatic carbocycles. The predicted molar refractivity (Wildman–Crippen MR) is 113 cm³/mol. The van der Waals surface area contributed by atoms with Crippen molar-refractivity contribution >= 4 is 17.6 Å². The molecule has 0 N–H and O–H groups in total. The van der Waals surface area contributed by atoms with Gasteiger partial charge in [0.05, 0.1) is 19.1 Å². The van der Waals surface area contributed by atoms with Gasteiger partial charge >= 0.3 is 5.97 Å². The van der Waals surface area contributed by atoms with Crippen molar-refractivity contribution < 1.29 is 23.6 Å². The first-order chi connectivity index (χ1) is 15.1. The van der Waals surface area contributed by atoms with Gasteiger partial charge in [-0.05, 0) is 43.2 Å². The van der Waals surface area contributed by atoms with E-state index in [0.29, 0.717) is 29.3 Å². The van der Waals surface area contributed by atoms with Crippen LogP contribution in [0.15, 0.2) is 65.2 Å². The minimum atomic E-state index is -0.504. The van der Waals surface area contributed by atoms with E-state index in [4.69, 9.17) is 14.0 Å². The van der Waals surface area contributed by atoms with Gasteiger partial charge in [0.25, 0.3) is 0 Å². The topological polar surface area (TPSA) is 81.9 Å². The van der Waals surface area contributed by atoms with Gasteiger partial charge in [-0.25, -0.2) is 0 Å². The fourth-order valence-corrected chi connectivity index (χ4v) is 3.96. The molecule has 0 spiro atoms. The van der Waals surface area contributed by atoms with Crippen molar-refractivity contribution in [3.8, 4) is 5.75 Å². The van der Waals surface area contributed by atoms with Gasteiger partial charge in [-0.3, -0.25) is 9.59 Å². The minimum Gasteiger partial charge on any atom is -0.497 e. The van der Waals surface area contributed by atoms with E-state index >= 15 is 0 Å². The van der Waals surface area contributed by atoms with E-state index in [2.05, 4.69) is 5.16 Å². The molecule has 0 radical (unpaired) electrons. The highest BCUT2D eigenvalue weighted by Gasteiger charge is 2.42. The van der Waals surface area contributed by atoms with Crippen molar-refractivity contribution in [1.82, 2.24) is 5.16 Å². The number of methoxy groups -OCH3 is 1. The van der Waals surface area contributed by atoms with Crippen molar-refractivity contribution in [3.63, 3.8) is 0 Å². The second-order valence-corrected chi connectivity index (χ2v) is 7.50. The summed E-state index contributed by atoms with van der Waals surface area (Å²) in [5, 5.41) is 3.87. The van der Waals surface area contributed by atoms with Crippen molar-refractivity contribution in [2.45, 2.75) is 32.4 Å². The lowest BCUT2D eigenvalue weighted by molar-refractivity contribution is -0.152. The maximum atomic E-state index is 13.1. The number of nitrogens with zero attached hydrogens (tertiary/aromatic N) is 2. The number of carbonyl (C=O) groups excluding carboxylic acids is 2. The molecule has 0 bridgehead atoms. The summed E-state index contributed by atoms with van der Waals surface area (Å²) in [6.45, 7) is 1.81. The van der Waals surface area contributed by atoms with Gasteiger partial charge < -0.3 is 18.9 Å². The van der Waals surface area contributed by atoms with Gasteiger partial charge in [-0.15, -0.1) is 0 Å². The molecule has 1 amide bonds. The Labute approximate surface area is 180 Å². The van der Waals surface area contributed by atoms with E-state index in [1.54, 1.807) is 37.1 Å². The second-order valence-electron chi connectivity index (χ2n) is 7.50. The van der Waals surface area contributed by atoms with Crippen LogP contribution in [0.3, 0.4) is 0 Å². The molecule has 4 rings (SSSR count). The zero-order valence-electron chi connectivity index (χ0n) is 17.5. The van der Waals surface area contributed by atoms with Crippen LogP contribution in [0.5, 0.6) is 5.75 Å². The van der Waals surface area contributed by atoms with Crippen molar-refractivity contribution in [2.75, 3.05) is 12.0 Å². The fourth-order valence-electron chi connectivity index (χ4n) is 3.96. The van der Waals surface area contributed by atoms with Crippen LogP contribution in [0.25, 0.3) is 0 Å². The Morgan fingerprint density at radius 3 is 2.55 bits per heavy atom. The number of carbonyl (C=O) groups is 2. The summed E-state index contributed by atoms with van der Waals surface area (Å²) < 4.78 is 15.8. The zero-order chi connectivity index (χ0) is 21.8. The Bertz CT molecular complexity index is 1050. The van der Waals surface area contributed by atoms with Crippen LogP contribution in [0, 0.1) is 12.8 Å². The standard InChI is InChI=1S/C24H24N2O5/c1-16-14-18(25-31-16)15-30-24(28)21-12-13-22(27)26(19-8-10-20(29-2)11-9-19)23(21)17-6-4-3-5-7-17/h3-11,14,21,23H,12-13,15H2,1-2H3/t21-,23+/m0/s1. The lowest BCUT2D eigenvalue weighted by atomic mass is 9.84. The summed E-state index contributed by atoms with van der Waals surface area (Å²) in [5.41, 5.74) is 2.15. The van der Waals surface area contributed by atoms with Crippen LogP contribution >= 0.6 is 0 Å². The largest absolute Gasteiger partial charge is 0.497 e. The quantitative estimate of drug-likeness (QED) is 0.556. The molecule has 1 aromatic heterocycles. The van der Waals surface area contributed by atoms with Crippen molar-refractivity contribution in [1.29, 1.82) is 0 Å². The van der Waals surface area contributed by atoms with Gasteiger partial charge in [-0.1, -0.05) is 35.5 Å². The molecule has 160 valence electrons. The third-order valence-electron chi connectivity index (χ3n) is 5.43. The van der Waals surface area contributed by atoms with Gasteiger partial charge in [0.2, 0.25) is 5.91 Å². The van der Waals surface area contributed by atoms with E-state index in [0.717, 1.165) is 5.56 Å². The summed E-state index contributed by atoms with van der Waals surface area (Å²) in [6.07, 6.45) is 0.680. The maximum Gasteiger partial charge on any atom is 0.311 e. The molecule has 31 heavy (non-hydrogen) atoms. The highest BCUT2D eigenvalue weighted by Crippen LogP contribution is 2.41. The SMILES string of the molecule is COc1ccc(N2C(=O)CC[C@H](C(=O)OCc3cc(C)on3)[C@H]2c2ccccc2)cc1. The van der Waals surface area contributed by atoms with Crippen LogP contribution in [0.2, 0.25) is 0 Å². The molecule has 7 nitrogen and oxygen atoms in total. The molecule has 0 aliphatic carbocycles. The number of aryl methyl sites for hydroxylation is 1. The third-order valence-corrected chi connectivity index (χ3v) is 5.43. The van der Waals surface area contributed by atoms with Gasteiger partial charge in [0.15, 0.2) is 0 Å². The number of benzene rings is 2. The highest BCUT2D eigenvalue weighted by molar-refractivity contribution is 5.97. The molecule has 1 saturated heterocycles.